The molecule has 0 aliphatic carbocycles. The molecule has 0 atom stereocenters. The number of morpholine rings is 1. The number of hydrazine groups is 1. The summed E-state index contributed by atoms with van der Waals surface area (Å²) in [6, 6.07) is 23.2. The molecule has 3 aromatic carbocycles. The summed E-state index contributed by atoms with van der Waals surface area (Å²) >= 11 is 0. The lowest BCUT2D eigenvalue weighted by molar-refractivity contribution is 0.122. The van der Waals surface area contributed by atoms with E-state index in [1.165, 1.54) is 16.8 Å². The van der Waals surface area contributed by atoms with Gasteiger partial charge in [0.05, 0.1) is 24.6 Å². The number of hydrogen-bond acceptors (Lipinski definition) is 5. The van der Waals surface area contributed by atoms with Crippen LogP contribution in [-0.2, 0) is 4.74 Å². The van der Waals surface area contributed by atoms with Crippen molar-refractivity contribution in [2.24, 2.45) is 0 Å². The Hall–Kier alpha value is -3.18. The number of nitrogens with zero attached hydrogens (tertiary/aromatic N) is 1. The lowest BCUT2D eigenvalue weighted by atomic mass is 10.1. The third-order valence-electron chi connectivity index (χ3n) is 5.12. The molecule has 5 heteroatoms. The molecule has 3 N–H and O–H groups in total. The quantitative estimate of drug-likeness (QED) is 0.499. The van der Waals surface area contributed by atoms with Crippen molar-refractivity contribution in [1.29, 1.82) is 0 Å². The minimum atomic E-state index is 0.804. The highest BCUT2D eigenvalue weighted by atomic mass is 16.5. The van der Waals surface area contributed by atoms with Gasteiger partial charge in [0.25, 0.3) is 0 Å². The summed E-state index contributed by atoms with van der Waals surface area (Å²) in [6.45, 7) is 7.71. The number of anilines is 5. The van der Waals surface area contributed by atoms with Gasteiger partial charge in [0.2, 0.25) is 0 Å². The largest absolute Gasteiger partial charge is 0.378 e. The van der Waals surface area contributed by atoms with Crippen molar-refractivity contribution >= 4 is 28.4 Å². The van der Waals surface area contributed by atoms with Crippen LogP contribution in [0.15, 0.2) is 66.7 Å². The molecule has 1 saturated heterocycles. The summed E-state index contributed by atoms with van der Waals surface area (Å²) in [5.74, 6) is 0. The van der Waals surface area contributed by atoms with E-state index in [4.69, 9.17) is 4.74 Å². The highest BCUT2D eigenvalue weighted by molar-refractivity contribution is 5.67. The van der Waals surface area contributed by atoms with E-state index >= 15 is 0 Å². The molecule has 1 aliphatic rings. The van der Waals surface area contributed by atoms with Crippen molar-refractivity contribution in [2.75, 3.05) is 47.4 Å². The normalized spacial score (nSPS) is 13.8. The number of hydrogen-bond donors (Lipinski definition) is 3. The van der Waals surface area contributed by atoms with E-state index in [1.807, 2.05) is 12.1 Å². The molecule has 1 aliphatic heterocycles. The maximum atomic E-state index is 5.43. The SMILES string of the molecule is Cc1cccc(NNc2ccc(Nc3ccc(N4CCOCC4)cc3)cc2C)c1. The van der Waals surface area contributed by atoms with Crippen molar-refractivity contribution < 1.29 is 4.74 Å². The molecule has 0 spiro atoms. The average Bonchev–Trinajstić information content (AvgIpc) is 2.74. The minimum Gasteiger partial charge on any atom is -0.378 e. The van der Waals surface area contributed by atoms with E-state index in [0.717, 1.165) is 49.1 Å². The topological polar surface area (TPSA) is 48.6 Å². The lowest BCUT2D eigenvalue weighted by Crippen LogP contribution is -2.36. The molecule has 0 bridgehead atoms. The van der Waals surface area contributed by atoms with Crippen molar-refractivity contribution in [3.05, 3.63) is 77.9 Å². The van der Waals surface area contributed by atoms with Gasteiger partial charge in [0.1, 0.15) is 0 Å². The third kappa shape index (κ3) is 5.00. The second-order valence-electron chi connectivity index (χ2n) is 7.42. The van der Waals surface area contributed by atoms with Gasteiger partial charge >= 0.3 is 0 Å². The fourth-order valence-corrected chi connectivity index (χ4v) is 3.49. The van der Waals surface area contributed by atoms with Crippen molar-refractivity contribution in [3.63, 3.8) is 0 Å². The van der Waals surface area contributed by atoms with Gasteiger partial charge in [0, 0.05) is 30.2 Å². The van der Waals surface area contributed by atoms with Crippen molar-refractivity contribution in [2.45, 2.75) is 13.8 Å². The summed E-state index contributed by atoms with van der Waals surface area (Å²) in [6.07, 6.45) is 0. The molecule has 1 heterocycles. The molecule has 0 radical (unpaired) electrons. The maximum Gasteiger partial charge on any atom is 0.0642 e. The van der Waals surface area contributed by atoms with Crippen LogP contribution in [0.25, 0.3) is 0 Å². The first-order chi connectivity index (χ1) is 14.2. The molecule has 0 unspecified atom stereocenters. The van der Waals surface area contributed by atoms with Crippen LogP contribution in [0.1, 0.15) is 11.1 Å². The monoisotopic (exact) mass is 388 g/mol. The van der Waals surface area contributed by atoms with E-state index in [9.17, 15) is 0 Å². The Morgan fingerprint density at radius 3 is 2.24 bits per heavy atom. The highest BCUT2D eigenvalue weighted by Crippen LogP contribution is 2.25. The Morgan fingerprint density at radius 2 is 1.52 bits per heavy atom. The molecule has 5 nitrogen and oxygen atoms in total. The van der Waals surface area contributed by atoms with Crippen molar-refractivity contribution in [1.82, 2.24) is 0 Å². The van der Waals surface area contributed by atoms with Gasteiger partial charge in [-0.3, -0.25) is 0 Å². The number of aryl methyl sites for hydroxylation is 2. The Morgan fingerprint density at radius 1 is 0.759 bits per heavy atom. The average molecular weight is 389 g/mol. The Kier molecular flexibility index (Phi) is 5.86. The van der Waals surface area contributed by atoms with Crippen LogP contribution in [0.5, 0.6) is 0 Å². The molecule has 0 saturated carbocycles. The lowest BCUT2D eigenvalue weighted by Gasteiger charge is -2.29. The number of rotatable bonds is 6. The van der Waals surface area contributed by atoms with Crippen molar-refractivity contribution in [3.8, 4) is 0 Å². The Balaban J connectivity index is 1.37. The standard InChI is InChI=1S/C24H28N4O/c1-18-4-3-5-22(16-18)26-27-24-11-8-21(17-19(24)2)25-20-6-9-23(10-7-20)28-12-14-29-15-13-28/h3-11,16-17,25-27H,12-15H2,1-2H3. The van der Waals surface area contributed by atoms with Crippen LogP contribution in [-0.4, -0.2) is 26.3 Å². The molecule has 29 heavy (non-hydrogen) atoms. The molecule has 4 rings (SSSR count). The summed E-state index contributed by atoms with van der Waals surface area (Å²) in [5, 5.41) is 3.49. The van der Waals surface area contributed by atoms with E-state index in [0.29, 0.717) is 0 Å². The molecule has 150 valence electrons. The molecule has 0 amide bonds. The first-order valence-electron chi connectivity index (χ1n) is 10.1. The van der Waals surface area contributed by atoms with Crippen LogP contribution in [0.3, 0.4) is 0 Å². The highest BCUT2D eigenvalue weighted by Gasteiger charge is 2.10. The fraction of sp³-hybridized carbons (Fsp3) is 0.250. The number of benzene rings is 3. The van der Waals surface area contributed by atoms with Gasteiger partial charge in [-0.25, -0.2) is 0 Å². The molecular formula is C24H28N4O. The second-order valence-corrected chi connectivity index (χ2v) is 7.42. The van der Waals surface area contributed by atoms with E-state index < -0.39 is 0 Å². The zero-order valence-electron chi connectivity index (χ0n) is 17.0. The summed E-state index contributed by atoms with van der Waals surface area (Å²) in [4.78, 5) is 2.36. The smallest absolute Gasteiger partial charge is 0.0642 e. The van der Waals surface area contributed by atoms with Gasteiger partial charge < -0.3 is 25.8 Å². The van der Waals surface area contributed by atoms with E-state index in [1.54, 1.807) is 0 Å². The van der Waals surface area contributed by atoms with Gasteiger partial charge in [-0.15, -0.1) is 0 Å². The number of ether oxygens (including phenoxy) is 1. The number of nitrogens with one attached hydrogen (secondary N) is 3. The first-order valence-corrected chi connectivity index (χ1v) is 10.1. The van der Waals surface area contributed by atoms with Crippen LogP contribution in [0, 0.1) is 13.8 Å². The summed E-state index contributed by atoms with van der Waals surface area (Å²) in [5.41, 5.74) is 14.5. The van der Waals surface area contributed by atoms with Gasteiger partial charge in [-0.05, 0) is 79.6 Å². The fourth-order valence-electron chi connectivity index (χ4n) is 3.49. The Labute approximate surface area is 172 Å². The zero-order chi connectivity index (χ0) is 20.1. The predicted octanol–water partition coefficient (Wildman–Crippen LogP) is 5.32. The molecule has 3 aromatic rings. The summed E-state index contributed by atoms with van der Waals surface area (Å²) < 4.78 is 5.43. The molecule has 1 fully saturated rings. The van der Waals surface area contributed by atoms with Crippen LogP contribution < -0.4 is 21.1 Å². The predicted molar refractivity (Wildman–Crippen MR) is 122 cm³/mol. The molecular weight excluding hydrogens is 360 g/mol. The van der Waals surface area contributed by atoms with Crippen LogP contribution in [0.2, 0.25) is 0 Å². The second kappa shape index (κ2) is 8.88. The summed E-state index contributed by atoms with van der Waals surface area (Å²) in [7, 11) is 0. The third-order valence-corrected chi connectivity index (χ3v) is 5.12. The molecule has 0 aromatic heterocycles. The van der Waals surface area contributed by atoms with Crippen LogP contribution >= 0.6 is 0 Å². The van der Waals surface area contributed by atoms with Gasteiger partial charge in [0.15, 0.2) is 0 Å². The van der Waals surface area contributed by atoms with Gasteiger partial charge in [-0.2, -0.15) is 0 Å². The van der Waals surface area contributed by atoms with E-state index in [2.05, 4.69) is 89.5 Å². The minimum absolute atomic E-state index is 0.804. The zero-order valence-corrected chi connectivity index (χ0v) is 17.0. The first kappa shape index (κ1) is 19.2. The van der Waals surface area contributed by atoms with Crippen LogP contribution in [0.4, 0.5) is 28.4 Å². The van der Waals surface area contributed by atoms with E-state index in [-0.39, 0.29) is 0 Å². The Bertz CT molecular complexity index is 949. The van der Waals surface area contributed by atoms with Gasteiger partial charge in [-0.1, -0.05) is 12.1 Å². The maximum absolute atomic E-state index is 5.43.